The zero-order valence-electron chi connectivity index (χ0n) is 14.2. The number of azo groups is 1. The fourth-order valence-corrected chi connectivity index (χ4v) is 2.60. The lowest BCUT2D eigenvalue weighted by atomic mass is 10.1. The summed E-state index contributed by atoms with van der Waals surface area (Å²) in [5, 5.41) is 11.0. The van der Waals surface area contributed by atoms with Crippen molar-refractivity contribution < 1.29 is 4.74 Å². The van der Waals surface area contributed by atoms with Crippen molar-refractivity contribution in [1.29, 1.82) is 0 Å². The Kier molecular flexibility index (Phi) is 5.22. The smallest absolute Gasteiger partial charge is 0.127 e. The predicted octanol–water partition coefficient (Wildman–Crippen LogP) is 6.74. The van der Waals surface area contributed by atoms with Crippen LogP contribution < -0.4 is 4.74 Å². The lowest BCUT2D eigenvalue weighted by Crippen LogP contribution is -1.96. The highest BCUT2D eigenvalue weighted by atomic mass is 16.5. The molecular formula is C21H22N2O. The molecule has 122 valence electrons. The van der Waals surface area contributed by atoms with Crippen LogP contribution in [0.3, 0.4) is 0 Å². The second-order valence-corrected chi connectivity index (χ2v) is 5.87. The summed E-state index contributed by atoms with van der Waals surface area (Å²) in [4.78, 5) is 0. The number of ether oxygens (including phenoxy) is 1. The van der Waals surface area contributed by atoms with Crippen LogP contribution in [0.2, 0.25) is 0 Å². The van der Waals surface area contributed by atoms with Gasteiger partial charge in [-0.15, -0.1) is 5.11 Å². The fraction of sp³-hybridized carbons (Fsp3) is 0.238. The van der Waals surface area contributed by atoms with Gasteiger partial charge >= 0.3 is 0 Å². The first-order chi connectivity index (χ1) is 11.8. The zero-order chi connectivity index (χ0) is 16.8. The molecule has 0 radical (unpaired) electrons. The number of hydrogen-bond donors (Lipinski definition) is 0. The van der Waals surface area contributed by atoms with Crippen molar-refractivity contribution in [3.05, 3.63) is 66.2 Å². The highest BCUT2D eigenvalue weighted by molar-refractivity contribution is 5.96. The minimum Gasteiger partial charge on any atom is -0.493 e. The predicted molar refractivity (Wildman–Crippen MR) is 99.7 cm³/mol. The fourth-order valence-electron chi connectivity index (χ4n) is 2.60. The Labute approximate surface area is 143 Å². The van der Waals surface area contributed by atoms with Gasteiger partial charge in [0.05, 0.1) is 18.0 Å². The SMILES string of the molecule is CCCCOc1ccc(N=Nc2cccc(C)c2)c2ccccc12. The van der Waals surface area contributed by atoms with E-state index in [0.29, 0.717) is 0 Å². The maximum absolute atomic E-state index is 5.92. The molecule has 0 atom stereocenters. The lowest BCUT2D eigenvalue weighted by molar-refractivity contribution is 0.313. The van der Waals surface area contributed by atoms with Crippen LogP contribution in [0, 0.1) is 6.92 Å². The van der Waals surface area contributed by atoms with Gasteiger partial charge in [-0.25, -0.2) is 0 Å². The van der Waals surface area contributed by atoms with E-state index in [0.717, 1.165) is 47.3 Å². The second-order valence-electron chi connectivity index (χ2n) is 5.87. The summed E-state index contributed by atoms with van der Waals surface area (Å²) in [6.07, 6.45) is 2.18. The molecule has 3 heteroatoms. The molecule has 0 N–H and O–H groups in total. The van der Waals surface area contributed by atoms with Crippen molar-refractivity contribution in [3.8, 4) is 5.75 Å². The minimum atomic E-state index is 0.741. The molecule has 0 unspecified atom stereocenters. The molecule has 3 aromatic carbocycles. The molecule has 0 bridgehead atoms. The van der Waals surface area contributed by atoms with E-state index in [-0.39, 0.29) is 0 Å². The van der Waals surface area contributed by atoms with Gasteiger partial charge in [0.1, 0.15) is 5.75 Å². The summed E-state index contributed by atoms with van der Waals surface area (Å²) in [6.45, 7) is 4.96. The number of nitrogens with zero attached hydrogens (tertiary/aromatic N) is 2. The maximum Gasteiger partial charge on any atom is 0.127 e. The number of benzene rings is 3. The van der Waals surface area contributed by atoms with Crippen LogP contribution in [0.1, 0.15) is 25.3 Å². The van der Waals surface area contributed by atoms with Gasteiger partial charge in [-0.3, -0.25) is 0 Å². The van der Waals surface area contributed by atoms with E-state index in [4.69, 9.17) is 4.74 Å². The van der Waals surface area contributed by atoms with Gasteiger partial charge in [0, 0.05) is 10.8 Å². The molecule has 0 aliphatic rings. The molecule has 0 fully saturated rings. The van der Waals surface area contributed by atoms with E-state index in [1.54, 1.807) is 0 Å². The zero-order valence-corrected chi connectivity index (χ0v) is 14.2. The van der Waals surface area contributed by atoms with Crippen LogP contribution in [0.5, 0.6) is 5.75 Å². The van der Waals surface area contributed by atoms with Gasteiger partial charge in [0.25, 0.3) is 0 Å². The quantitative estimate of drug-likeness (QED) is 0.366. The average Bonchev–Trinajstić information content (AvgIpc) is 2.61. The number of unbranched alkanes of at least 4 members (excludes halogenated alkanes) is 1. The van der Waals surface area contributed by atoms with E-state index in [9.17, 15) is 0 Å². The van der Waals surface area contributed by atoms with Crippen LogP contribution in [-0.4, -0.2) is 6.61 Å². The average molecular weight is 318 g/mol. The Morgan fingerprint density at radius 1 is 0.875 bits per heavy atom. The van der Waals surface area contributed by atoms with Gasteiger partial charge in [0.2, 0.25) is 0 Å². The minimum absolute atomic E-state index is 0.741. The molecule has 3 nitrogen and oxygen atoms in total. The molecule has 0 amide bonds. The van der Waals surface area contributed by atoms with E-state index in [1.807, 2.05) is 42.5 Å². The summed E-state index contributed by atoms with van der Waals surface area (Å²) in [5.74, 6) is 0.911. The third-order valence-electron chi connectivity index (χ3n) is 3.89. The molecule has 3 rings (SSSR count). The van der Waals surface area contributed by atoms with Crippen LogP contribution in [0.25, 0.3) is 10.8 Å². The lowest BCUT2D eigenvalue weighted by Gasteiger charge is -2.10. The summed E-state index contributed by atoms with van der Waals surface area (Å²) < 4.78 is 5.92. The second kappa shape index (κ2) is 7.73. The first kappa shape index (κ1) is 16.2. The van der Waals surface area contributed by atoms with E-state index in [2.05, 4.69) is 42.3 Å². The van der Waals surface area contributed by atoms with Gasteiger partial charge in [-0.2, -0.15) is 5.11 Å². The summed E-state index contributed by atoms with van der Waals surface area (Å²) >= 11 is 0. The van der Waals surface area contributed by atoms with Crippen molar-refractivity contribution in [2.45, 2.75) is 26.7 Å². The first-order valence-electron chi connectivity index (χ1n) is 8.41. The number of fused-ring (bicyclic) bond motifs is 1. The monoisotopic (exact) mass is 318 g/mol. The highest BCUT2D eigenvalue weighted by Crippen LogP contribution is 2.34. The number of aryl methyl sites for hydroxylation is 1. The largest absolute Gasteiger partial charge is 0.493 e. The molecule has 0 spiro atoms. The molecule has 0 aliphatic carbocycles. The Morgan fingerprint density at radius 3 is 2.50 bits per heavy atom. The summed E-state index contributed by atoms with van der Waals surface area (Å²) in [5.41, 5.74) is 2.90. The molecule has 3 aromatic rings. The Bertz CT molecular complexity index is 855. The Morgan fingerprint density at radius 2 is 1.71 bits per heavy atom. The third-order valence-corrected chi connectivity index (χ3v) is 3.89. The molecule has 0 heterocycles. The van der Waals surface area contributed by atoms with E-state index >= 15 is 0 Å². The topological polar surface area (TPSA) is 34.0 Å². The van der Waals surface area contributed by atoms with Crippen LogP contribution in [0.15, 0.2) is 70.9 Å². The van der Waals surface area contributed by atoms with Gasteiger partial charge < -0.3 is 4.74 Å². The molecule has 0 aromatic heterocycles. The normalized spacial score (nSPS) is 11.2. The summed E-state index contributed by atoms with van der Waals surface area (Å²) in [6, 6.07) is 20.2. The first-order valence-corrected chi connectivity index (χ1v) is 8.41. The summed E-state index contributed by atoms with van der Waals surface area (Å²) in [7, 11) is 0. The maximum atomic E-state index is 5.92. The van der Waals surface area contributed by atoms with Crippen molar-refractivity contribution in [2.75, 3.05) is 6.61 Å². The van der Waals surface area contributed by atoms with Crippen molar-refractivity contribution in [1.82, 2.24) is 0 Å². The van der Waals surface area contributed by atoms with Crippen molar-refractivity contribution in [3.63, 3.8) is 0 Å². The Balaban J connectivity index is 1.93. The molecule has 24 heavy (non-hydrogen) atoms. The molecular weight excluding hydrogens is 296 g/mol. The van der Waals surface area contributed by atoms with Crippen LogP contribution in [0.4, 0.5) is 11.4 Å². The highest BCUT2D eigenvalue weighted by Gasteiger charge is 2.06. The van der Waals surface area contributed by atoms with Crippen LogP contribution >= 0.6 is 0 Å². The van der Waals surface area contributed by atoms with Gasteiger partial charge in [-0.1, -0.05) is 49.7 Å². The molecule has 0 aliphatic heterocycles. The standard InChI is InChI=1S/C21H22N2O/c1-3-4-14-24-21-13-12-20(18-10-5-6-11-19(18)21)23-22-17-9-7-8-16(2)15-17/h5-13,15H,3-4,14H2,1-2H3. The van der Waals surface area contributed by atoms with Crippen molar-refractivity contribution >= 4 is 22.1 Å². The van der Waals surface area contributed by atoms with Crippen LogP contribution in [-0.2, 0) is 0 Å². The van der Waals surface area contributed by atoms with Crippen molar-refractivity contribution in [2.24, 2.45) is 10.2 Å². The third kappa shape index (κ3) is 3.80. The van der Waals surface area contributed by atoms with E-state index in [1.165, 1.54) is 5.56 Å². The molecule has 0 saturated heterocycles. The van der Waals surface area contributed by atoms with Gasteiger partial charge in [-0.05, 0) is 43.2 Å². The number of hydrogen-bond acceptors (Lipinski definition) is 3. The molecule has 0 saturated carbocycles. The number of rotatable bonds is 6. The van der Waals surface area contributed by atoms with E-state index < -0.39 is 0 Å². The Hall–Kier alpha value is -2.68. The van der Waals surface area contributed by atoms with Gasteiger partial charge in [0.15, 0.2) is 0 Å².